The highest BCUT2D eigenvalue weighted by atomic mass is 16.5. The molecular weight excluding hydrogens is 410 g/mol. The first-order valence-corrected chi connectivity index (χ1v) is 10.2. The second-order valence-electron chi connectivity index (χ2n) is 7.26. The van der Waals surface area contributed by atoms with Crippen LogP contribution in [0.5, 0.6) is 17.4 Å². The van der Waals surface area contributed by atoms with Gasteiger partial charge in [0.05, 0.1) is 12.7 Å². The molecule has 4 rings (SSSR count). The monoisotopic (exact) mass is 433 g/mol. The number of pyridine rings is 1. The maximum absolute atomic E-state index is 13.2. The number of hydrogen-bond acceptors (Lipinski definition) is 6. The first-order chi connectivity index (χ1) is 15.5. The maximum atomic E-state index is 13.2. The number of nitrogens with zero attached hydrogens (tertiary/aromatic N) is 3. The minimum Gasteiger partial charge on any atom is -0.497 e. The van der Waals surface area contributed by atoms with E-state index in [0.717, 1.165) is 11.4 Å². The van der Waals surface area contributed by atoms with Crippen LogP contribution in [0.4, 0.5) is 5.69 Å². The molecule has 1 amide bonds. The first kappa shape index (κ1) is 21.2. The molecule has 1 aromatic heterocycles. The molecule has 32 heavy (non-hydrogen) atoms. The number of carbonyl (C=O) groups excluding carboxylic acids is 1. The van der Waals surface area contributed by atoms with Crippen LogP contribution in [0.15, 0.2) is 66.9 Å². The Morgan fingerprint density at radius 2 is 1.56 bits per heavy atom. The van der Waals surface area contributed by atoms with Gasteiger partial charge < -0.3 is 24.4 Å². The van der Waals surface area contributed by atoms with Crippen LogP contribution in [0.1, 0.15) is 20.7 Å². The fraction of sp³-hybridized carbons (Fsp3) is 0.208. The number of rotatable bonds is 6. The number of hydrogen-bond donors (Lipinski definition) is 1. The van der Waals surface area contributed by atoms with Crippen molar-refractivity contribution in [3.05, 3.63) is 78.0 Å². The number of anilines is 1. The van der Waals surface area contributed by atoms with Crippen LogP contribution in [0.2, 0.25) is 0 Å². The van der Waals surface area contributed by atoms with E-state index in [9.17, 15) is 9.59 Å². The molecule has 0 unspecified atom stereocenters. The molecule has 0 aliphatic carbocycles. The van der Waals surface area contributed by atoms with Crippen LogP contribution >= 0.6 is 0 Å². The molecule has 1 aliphatic heterocycles. The summed E-state index contributed by atoms with van der Waals surface area (Å²) in [5.41, 5.74) is 1.62. The smallest absolute Gasteiger partial charge is 0.335 e. The number of carboxylic acids is 1. The summed E-state index contributed by atoms with van der Waals surface area (Å²) in [7, 11) is 1.64. The average molecular weight is 433 g/mol. The van der Waals surface area contributed by atoms with Crippen LogP contribution in [-0.4, -0.2) is 60.2 Å². The Labute approximate surface area is 185 Å². The molecule has 1 N–H and O–H groups in total. The lowest BCUT2D eigenvalue weighted by Gasteiger charge is -2.36. The van der Waals surface area contributed by atoms with Gasteiger partial charge in [-0.1, -0.05) is 0 Å². The molecule has 0 atom stereocenters. The van der Waals surface area contributed by atoms with Gasteiger partial charge in [-0.3, -0.25) is 4.79 Å². The number of methoxy groups -OCH3 is 1. The lowest BCUT2D eigenvalue weighted by molar-refractivity contribution is 0.0695. The molecule has 0 spiro atoms. The lowest BCUT2D eigenvalue weighted by atomic mass is 10.2. The number of carboxylic acid groups (broad SMARTS) is 1. The van der Waals surface area contributed by atoms with E-state index < -0.39 is 5.97 Å². The Bertz CT molecular complexity index is 1090. The van der Waals surface area contributed by atoms with Gasteiger partial charge in [0.25, 0.3) is 5.91 Å². The topological polar surface area (TPSA) is 92.2 Å². The molecule has 3 aromatic rings. The third-order valence-electron chi connectivity index (χ3n) is 5.32. The molecule has 1 fully saturated rings. The van der Waals surface area contributed by atoms with E-state index in [1.54, 1.807) is 42.5 Å². The zero-order chi connectivity index (χ0) is 22.5. The SMILES string of the molecule is COc1ccc(N2CCN(C(=O)c3cccnc3Oc3ccc(C(=O)O)cc3)CC2)cc1. The number of ether oxygens (including phenoxy) is 2. The fourth-order valence-electron chi connectivity index (χ4n) is 3.54. The molecule has 0 radical (unpaired) electrons. The summed E-state index contributed by atoms with van der Waals surface area (Å²) in [5, 5.41) is 9.03. The summed E-state index contributed by atoms with van der Waals surface area (Å²) >= 11 is 0. The molecule has 1 aliphatic rings. The van der Waals surface area contributed by atoms with E-state index in [2.05, 4.69) is 9.88 Å². The minimum absolute atomic E-state index is 0.148. The van der Waals surface area contributed by atoms with E-state index in [-0.39, 0.29) is 17.4 Å². The normalized spacial score (nSPS) is 13.5. The molecule has 164 valence electrons. The van der Waals surface area contributed by atoms with Gasteiger partial charge in [0.1, 0.15) is 17.1 Å². The van der Waals surface area contributed by atoms with Crippen molar-refractivity contribution in [2.75, 3.05) is 38.2 Å². The average Bonchev–Trinajstić information content (AvgIpc) is 2.84. The maximum Gasteiger partial charge on any atom is 0.335 e. The summed E-state index contributed by atoms with van der Waals surface area (Å²) in [6, 6.07) is 17.2. The Balaban J connectivity index is 1.43. The Morgan fingerprint density at radius 1 is 0.906 bits per heavy atom. The predicted molar refractivity (Wildman–Crippen MR) is 119 cm³/mol. The first-order valence-electron chi connectivity index (χ1n) is 10.2. The number of amides is 1. The zero-order valence-corrected chi connectivity index (χ0v) is 17.6. The van der Waals surface area contributed by atoms with Crippen molar-refractivity contribution in [3.8, 4) is 17.4 Å². The number of benzene rings is 2. The summed E-state index contributed by atoms with van der Waals surface area (Å²) in [6.45, 7) is 2.58. The molecule has 2 heterocycles. The van der Waals surface area contributed by atoms with Gasteiger partial charge in [0.2, 0.25) is 5.88 Å². The highest BCUT2D eigenvalue weighted by molar-refractivity contribution is 5.96. The number of piperazine rings is 1. The van der Waals surface area contributed by atoms with Crippen molar-refractivity contribution in [1.82, 2.24) is 9.88 Å². The van der Waals surface area contributed by atoms with Gasteiger partial charge in [-0.2, -0.15) is 0 Å². The second kappa shape index (κ2) is 9.38. The predicted octanol–water partition coefficient (Wildman–Crippen LogP) is 3.54. The van der Waals surface area contributed by atoms with Gasteiger partial charge in [-0.25, -0.2) is 9.78 Å². The highest BCUT2D eigenvalue weighted by Crippen LogP contribution is 2.26. The third-order valence-corrected chi connectivity index (χ3v) is 5.32. The summed E-state index contributed by atoms with van der Waals surface area (Å²) in [6.07, 6.45) is 1.55. The number of aromatic nitrogens is 1. The standard InChI is InChI=1S/C24H23N3O5/c1-31-19-10-6-18(7-11-19)26-13-15-27(16-14-26)23(28)21-3-2-12-25-22(21)32-20-8-4-17(5-9-20)24(29)30/h2-12H,13-16H2,1H3,(H,29,30). The second-order valence-corrected chi connectivity index (χ2v) is 7.26. The van der Waals surface area contributed by atoms with Crippen LogP contribution in [0.25, 0.3) is 0 Å². The van der Waals surface area contributed by atoms with Gasteiger partial charge in [-0.15, -0.1) is 0 Å². The third kappa shape index (κ3) is 4.64. The molecule has 8 heteroatoms. The van der Waals surface area contributed by atoms with Crippen LogP contribution < -0.4 is 14.4 Å². The lowest BCUT2D eigenvalue weighted by Crippen LogP contribution is -2.48. The van der Waals surface area contributed by atoms with Crippen molar-refractivity contribution in [2.45, 2.75) is 0 Å². The summed E-state index contributed by atoms with van der Waals surface area (Å²) in [5.74, 6) is 0.248. The van der Waals surface area contributed by atoms with Gasteiger partial charge >= 0.3 is 5.97 Å². The van der Waals surface area contributed by atoms with Crippen molar-refractivity contribution < 1.29 is 24.2 Å². The van der Waals surface area contributed by atoms with Crippen molar-refractivity contribution in [3.63, 3.8) is 0 Å². The fourth-order valence-corrected chi connectivity index (χ4v) is 3.54. The molecule has 0 bridgehead atoms. The zero-order valence-electron chi connectivity index (χ0n) is 17.6. The number of carbonyl (C=O) groups is 2. The molecule has 0 saturated carbocycles. The van der Waals surface area contributed by atoms with Gasteiger partial charge in [0, 0.05) is 38.1 Å². The van der Waals surface area contributed by atoms with Crippen LogP contribution in [-0.2, 0) is 0 Å². The largest absolute Gasteiger partial charge is 0.497 e. The molecule has 1 saturated heterocycles. The molecule has 8 nitrogen and oxygen atoms in total. The highest BCUT2D eigenvalue weighted by Gasteiger charge is 2.25. The van der Waals surface area contributed by atoms with E-state index in [1.807, 2.05) is 24.3 Å². The molecule has 2 aromatic carbocycles. The van der Waals surface area contributed by atoms with E-state index in [1.165, 1.54) is 12.1 Å². The molecular formula is C24H23N3O5. The van der Waals surface area contributed by atoms with Crippen LogP contribution in [0.3, 0.4) is 0 Å². The quantitative estimate of drug-likeness (QED) is 0.636. The van der Waals surface area contributed by atoms with Crippen molar-refractivity contribution in [2.24, 2.45) is 0 Å². The van der Waals surface area contributed by atoms with E-state index in [0.29, 0.717) is 37.5 Å². The number of aromatic carboxylic acids is 1. The van der Waals surface area contributed by atoms with Gasteiger partial charge in [-0.05, 0) is 60.7 Å². The Hall–Kier alpha value is -4.07. The minimum atomic E-state index is -1.01. The van der Waals surface area contributed by atoms with Crippen molar-refractivity contribution >= 4 is 17.6 Å². The van der Waals surface area contributed by atoms with E-state index >= 15 is 0 Å². The summed E-state index contributed by atoms with van der Waals surface area (Å²) < 4.78 is 11.0. The Kier molecular flexibility index (Phi) is 6.21. The summed E-state index contributed by atoms with van der Waals surface area (Å²) in [4.78, 5) is 32.4. The van der Waals surface area contributed by atoms with Crippen molar-refractivity contribution in [1.29, 1.82) is 0 Å². The van der Waals surface area contributed by atoms with Gasteiger partial charge in [0.15, 0.2) is 0 Å². The van der Waals surface area contributed by atoms with Crippen LogP contribution in [0, 0.1) is 0 Å². The van der Waals surface area contributed by atoms with E-state index in [4.69, 9.17) is 14.6 Å². The Morgan fingerprint density at radius 3 is 2.19 bits per heavy atom.